The first-order valence-corrected chi connectivity index (χ1v) is 6.09. The van der Waals surface area contributed by atoms with Crippen molar-refractivity contribution in [1.29, 1.82) is 0 Å². The van der Waals surface area contributed by atoms with E-state index >= 15 is 0 Å². The second kappa shape index (κ2) is 10.7. The molecule has 96 valence electrons. The van der Waals surface area contributed by atoms with Gasteiger partial charge in [-0.1, -0.05) is 39.0 Å². The molecule has 0 spiro atoms. The van der Waals surface area contributed by atoms with Gasteiger partial charge in [0.1, 0.15) is 6.10 Å². The van der Waals surface area contributed by atoms with Gasteiger partial charge in [0, 0.05) is 7.11 Å². The summed E-state index contributed by atoms with van der Waals surface area (Å²) in [6.07, 6.45) is 6.40. The van der Waals surface area contributed by atoms with E-state index in [-0.39, 0.29) is 6.10 Å². The van der Waals surface area contributed by atoms with E-state index in [9.17, 15) is 4.79 Å². The average molecular weight is 232 g/mol. The smallest absolute Gasteiger partial charge is 0.450 e. The maximum absolute atomic E-state index is 10.4. The molecule has 0 heterocycles. The molecule has 0 aromatic rings. The van der Waals surface area contributed by atoms with E-state index in [2.05, 4.69) is 6.92 Å². The van der Waals surface area contributed by atoms with Gasteiger partial charge in [-0.3, -0.25) is 0 Å². The van der Waals surface area contributed by atoms with Crippen LogP contribution in [-0.4, -0.2) is 31.1 Å². The van der Waals surface area contributed by atoms with Crippen LogP contribution >= 0.6 is 0 Å². The fourth-order valence-corrected chi connectivity index (χ4v) is 1.66. The summed E-state index contributed by atoms with van der Waals surface area (Å²) in [5, 5.41) is 8.51. The van der Waals surface area contributed by atoms with Crippen LogP contribution in [0.15, 0.2) is 0 Å². The van der Waals surface area contributed by atoms with Gasteiger partial charge in [-0.25, -0.2) is 4.79 Å². The molecule has 0 saturated heterocycles. The molecule has 4 heteroatoms. The van der Waals surface area contributed by atoms with Gasteiger partial charge in [0.15, 0.2) is 0 Å². The van der Waals surface area contributed by atoms with Crippen LogP contribution in [0.2, 0.25) is 0 Å². The Hall–Kier alpha value is -0.770. The van der Waals surface area contributed by atoms with Gasteiger partial charge < -0.3 is 14.6 Å². The summed E-state index contributed by atoms with van der Waals surface area (Å²) in [5.74, 6) is 0. The second-order valence-electron chi connectivity index (χ2n) is 4.02. The summed E-state index contributed by atoms with van der Waals surface area (Å²) in [4.78, 5) is 10.4. The molecule has 16 heavy (non-hydrogen) atoms. The highest BCUT2D eigenvalue weighted by Gasteiger charge is 2.12. The Morgan fingerprint density at radius 2 is 1.81 bits per heavy atom. The van der Waals surface area contributed by atoms with Crippen LogP contribution in [0.25, 0.3) is 0 Å². The summed E-state index contributed by atoms with van der Waals surface area (Å²) in [6, 6.07) is 0. The van der Waals surface area contributed by atoms with Gasteiger partial charge >= 0.3 is 6.16 Å². The maximum atomic E-state index is 10.4. The Morgan fingerprint density at radius 3 is 2.38 bits per heavy atom. The normalized spacial score (nSPS) is 12.4. The third-order valence-corrected chi connectivity index (χ3v) is 2.50. The van der Waals surface area contributed by atoms with Crippen molar-refractivity contribution in [2.75, 3.05) is 13.7 Å². The van der Waals surface area contributed by atoms with E-state index in [1.165, 1.54) is 25.7 Å². The monoisotopic (exact) mass is 232 g/mol. The van der Waals surface area contributed by atoms with E-state index in [0.717, 1.165) is 19.3 Å². The van der Waals surface area contributed by atoms with Crippen molar-refractivity contribution in [3.05, 3.63) is 0 Å². The topological polar surface area (TPSA) is 55.8 Å². The molecule has 1 atom stereocenters. The first-order chi connectivity index (χ1) is 7.70. The largest absolute Gasteiger partial charge is 0.506 e. The molecule has 0 amide bonds. The highest BCUT2D eigenvalue weighted by atomic mass is 16.7. The van der Waals surface area contributed by atoms with E-state index in [4.69, 9.17) is 14.6 Å². The minimum Gasteiger partial charge on any atom is -0.450 e. The maximum Gasteiger partial charge on any atom is 0.506 e. The number of carboxylic acid groups (broad SMARTS) is 1. The number of rotatable bonds is 10. The van der Waals surface area contributed by atoms with E-state index in [1.54, 1.807) is 7.11 Å². The zero-order chi connectivity index (χ0) is 12.2. The molecule has 0 aliphatic carbocycles. The van der Waals surface area contributed by atoms with Crippen LogP contribution in [0, 0.1) is 0 Å². The van der Waals surface area contributed by atoms with Crippen LogP contribution in [-0.2, 0) is 9.47 Å². The van der Waals surface area contributed by atoms with E-state index in [0.29, 0.717) is 6.61 Å². The van der Waals surface area contributed by atoms with Crippen molar-refractivity contribution < 1.29 is 19.4 Å². The number of ether oxygens (including phenoxy) is 2. The fraction of sp³-hybridized carbons (Fsp3) is 0.917. The van der Waals surface area contributed by atoms with E-state index < -0.39 is 6.16 Å². The summed E-state index contributed by atoms with van der Waals surface area (Å²) >= 11 is 0. The lowest BCUT2D eigenvalue weighted by atomic mass is 10.1. The Kier molecular flexibility index (Phi) is 10.2. The molecule has 0 bridgehead atoms. The third-order valence-electron chi connectivity index (χ3n) is 2.50. The number of hydrogen-bond acceptors (Lipinski definition) is 3. The molecule has 1 unspecified atom stereocenters. The Bertz CT molecular complexity index is 170. The molecule has 0 radical (unpaired) electrons. The second-order valence-corrected chi connectivity index (χ2v) is 4.02. The van der Waals surface area contributed by atoms with Crippen LogP contribution in [0.1, 0.15) is 51.9 Å². The molecule has 0 rings (SSSR count). The molecular weight excluding hydrogens is 208 g/mol. The summed E-state index contributed by atoms with van der Waals surface area (Å²) in [5.41, 5.74) is 0. The Balaban J connectivity index is 3.47. The highest BCUT2D eigenvalue weighted by Crippen LogP contribution is 2.10. The average Bonchev–Trinajstić information content (AvgIpc) is 2.22. The third kappa shape index (κ3) is 9.77. The Morgan fingerprint density at radius 1 is 1.19 bits per heavy atom. The standard InChI is InChI=1S/C12H24O4/c1-3-4-5-6-7-8-9-11(10-15-2)16-12(13)14/h11H,3-10H2,1-2H3,(H,13,14). The van der Waals surface area contributed by atoms with Crippen molar-refractivity contribution >= 4 is 6.16 Å². The number of hydrogen-bond donors (Lipinski definition) is 1. The van der Waals surface area contributed by atoms with Crippen molar-refractivity contribution in [1.82, 2.24) is 0 Å². The first kappa shape index (κ1) is 15.2. The lowest BCUT2D eigenvalue weighted by molar-refractivity contribution is 0.00724. The van der Waals surface area contributed by atoms with Crippen LogP contribution < -0.4 is 0 Å². The van der Waals surface area contributed by atoms with Gasteiger partial charge in [-0.15, -0.1) is 0 Å². The summed E-state index contributed by atoms with van der Waals surface area (Å²) in [6.45, 7) is 2.54. The molecule has 1 N–H and O–H groups in total. The molecule has 0 aliphatic heterocycles. The minimum atomic E-state index is -1.21. The van der Waals surface area contributed by atoms with Crippen molar-refractivity contribution in [2.45, 2.75) is 58.0 Å². The lowest BCUT2D eigenvalue weighted by Crippen LogP contribution is -2.22. The van der Waals surface area contributed by atoms with E-state index in [1.807, 2.05) is 0 Å². The molecule has 0 fully saturated rings. The molecule has 0 saturated carbocycles. The quantitative estimate of drug-likeness (QED) is 0.463. The van der Waals surface area contributed by atoms with Gasteiger partial charge in [-0.2, -0.15) is 0 Å². The molecule has 0 aliphatic rings. The lowest BCUT2D eigenvalue weighted by Gasteiger charge is -2.14. The molecule has 0 aromatic heterocycles. The highest BCUT2D eigenvalue weighted by molar-refractivity contribution is 5.57. The molecule has 4 nitrogen and oxygen atoms in total. The zero-order valence-corrected chi connectivity index (χ0v) is 10.4. The van der Waals surface area contributed by atoms with Crippen molar-refractivity contribution in [3.63, 3.8) is 0 Å². The van der Waals surface area contributed by atoms with Gasteiger partial charge in [0.05, 0.1) is 6.61 Å². The summed E-state index contributed by atoms with van der Waals surface area (Å²) < 4.78 is 9.62. The number of unbranched alkanes of at least 4 members (excludes halogenated alkanes) is 5. The van der Waals surface area contributed by atoms with Gasteiger partial charge in [0.2, 0.25) is 0 Å². The van der Waals surface area contributed by atoms with Gasteiger partial charge in [0.25, 0.3) is 0 Å². The SMILES string of the molecule is CCCCCCCCC(COC)OC(=O)O. The van der Waals surface area contributed by atoms with Crippen molar-refractivity contribution in [3.8, 4) is 0 Å². The van der Waals surface area contributed by atoms with Gasteiger partial charge in [-0.05, 0) is 12.8 Å². The predicted molar refractivity (Wildman–Crippen MR) is 62.8 cm³/mol. The van der Waals surface area contributed by atoms with Crippen LogP contribution in [0.3, 0.4) is 0 Å². The minimum absolute atomic E-state index is 0.311. The number of methoxy groups -OCH3 is 1. The predicted octanol–water partition coefficient (Wildman–Crippen LogP) is 3.45. The van der Waals surface area contributed by atoms with Crippen LogP contribution in [0.4, 0.5) is 4.79 Å². The molecule has 0 aromatic carbocycles. The van der Waals surface area contributed by atoms with Crippen LogP contribution in [0.5, 0.6) is 0 Å². The molecular formula is C12H24O4. The fourth-order valence-electron chi connectivity index (χ4n) is 1.66. The zero-order valence-electron chi connectivity index (χ0n) is 10.4. The summed E-state index contributed by atoms with van der Waals surface area (Å²) in [7, 11) is 1.56. The Labute approximate surface area is 97.9 Å². The van der Waals surface area contributed by atoms with Crippen molar-refractivity contribution in [2.24, 2.45) is 0 Å². The first-order valence-electron chi connectivity index (χ1n) is 6.09. The number of carbonyl (C=O) groups is 1.